The van der Waals surface area contributed by atoms with Crippen molar-refractivity contribution in [2.45, 2.75) is 38.9 Å². The van der Waals surface area contributed by atoms with Crippen molar-refractivity contribution in [2.24, 2.45) is 0 Å². The van der Waals surface area contributed by atoms with Crippen LogP contribution in [-0.4, -0.2) is 49.9 Å². The number of aryl methyl sites for hydroxylation is 1. The quantitative estimate of drug-likeness (QED) is 0.0732. The average Bonchev–Trinajstić information content (AvgIpc) is 3.06. The zero-order valence-electron chi connectivity index (χ0n) is 27.1. The third-order valence-electron chi connectivity index (χ3n) is 7.73. The van der Waals surface area contributed by atoms with Crippen molar-refractivity contribution in [3.05, 3.63) is 124 Å². The van der Waals surface area contributed by atoms with Gasteiger partial charge in [-0.25, -0.2) is 13.6 Å². The van der Waals surface area contributed by atoms with Gasteiger partial charge in [0.1, 0.15) is 17.7 Å². The fourth-order valence-corrected chi connectivity index (χ4v) is 6.07. The van der Waals surface area contributed by atoms with E-state index >= 15 is 0 Å². The molecular formula is C37H40F2N2O4S2. The normalized spacial score (nSPS) is 11.6. The van der Waals surface area contributed by atoms with Gasteiger partial charge in [0.15, 0.2) is 0 Å². The Morgan fingerprint density at radius 3 is 2.19 bits per heavy atom. The van der Waals surface area contributed by atoms with E-state index in [0.29, 0.717) is 42.0 Å². The maximum Gasteiger partial charge on any atom is 0.328 e. The molecule has 0 spiro atoms. The second-order valence-electron chi connectivity index (χ2n) is 11.1. The van der Waals surface area contributed by atoms with Crippen molar-refractivity contribution >= 4 is 41.4 Å². The molecule has 4 aromatic rings. The molecule has 0 aliphatic carbocycles. The lowest BCUT2D eigenvalue weighted by Gasteiger charge is -2.26. The van der Waals surface area contributed by atoms with Crippen LogP contribution >= 0.6 is 23.8 Å². The van der Waals surface area contributed by atoms with Crippen LogP contribution < -0.4 is 10.2 Å². The lowest BCUT2D eigenvalue weighted by Crippen LogP contribution is -2.42. The molecule has 4 rings (SSSR count). The molecule has 248 valence electrons. The number of benzene rings is 4. The zero-order chi connectivity index (χ0) is 33.8. The van der Waals surface area contributed by atoms with Crippen LogP contribution in [0.5, 0.6) is 0 Å². The van der Waals surface area contributed by atoms with Gasteiger partial charge < -0.3 is 19.1 Å². The van der Waals surface area contributed by atoms with Gasteiger partial charge in [-0.2, -0.15) is 11.8 Å². The van der Waals surface area contributed by atoms with Crippen molar-refractivity contribution in [1.82, 2.24) is 5.32 Å². The van der Waals surface area contributed by atoms with Crippen LogP contribution in [0.4, 0.5) is 14.5 Å². The minimum Gasteiger partial charge on any atom is -0.467 e. The Bertz CT molecular complexity index is 1630. The molecule has 0 aliphatic rings. The third-order valence-corrected chi connectivity index (χ3v) is 8.77. The topological polar surface area (TPSA) is 67.9 Å². The lowest BCUT2D eigenvalue weighted by atomic mass is 9.93. The molecule has 10 heteroatoms. The number of hydrogen-bond acceptors (Lipinski definition) is 7. The molecule has 0 bridgehead atoms. The number of carbonyl (C=O) groups excluding carboxylic acids is 2. The number of nitrogens with zero attached hydrogens (tertiary/aromatic N) is 1. The van der Waals surface area contributed by atoms with E-state index in [9.17, 15) is 18.4 Å². The average molecular weight is 679 g/mol. The number of esters is 1. The first-order valence-corrected chi connectivity index (χ1v) is 17.8. The van der Waals surface area contributed by atoms with Gasteiger partial charge in [-0.15, -0.1) is 0 Å². The molecule has 6 nitrogen and oxygen atoms in total. The maximum absolute atomic E-state index is 14.2. The van der Waals surface area contributed by atoms with Gasteiger partial charge in [-0.3, -0.25) is 4.79 Å². The highest BCUT2D eigenvalue weighted by Gasteiger charge is 2.24. The summed E-state index contributed by atoms with van der Waals surface area (Å²) in [5.41, 5.74) is 6.38. The fraction of sp³-hybridized carbons (Fsp3) is 0.297. The standard InChI is InChI=1S/C37H40F2N2O4S2/c1-25-7-5-6-8-32(25)34-21-27(11-14-33(34)36(42)40-35(16-18-46-3)37(43)44-2)23-41(24-28-19-29(38)22-30(39)20-28)31-12-9-26(10-13-31)15-17-45-47-4/h5-14,19-22,35H,15-18,23-24H2,1-4H3,(H,40,42). The SMILES string of the molecule is COC(=O)C(CCSC)NC(=O)c1ccc(CN(Cc2cc(F)cc(F)c2)c2ccc(CCOSC)cc2)cc1-c1ccccc1C. The van der Waals surface area contributed by atoms with Crippen molar-refractivity contribution in [3.63, 3.8) is 0 Å². The minimum atomic E-state index is -0.776. The summed E-state index contributed by atoms with van der Waals surface area (Å²) in [5.74, 6) is -1.46. The number of ether oxygens (including phenoxy) is 1. The molecule has 0 saturated heterocycles. The van der Waals surface area contributed by atoms with E-state index in [4.69, 9.17) is 8.92 Å². The highest BCUT2D eigenvalue weighted by atomic mass is 32.2. The molecule has 1 amide bonds. The van der Waals surface area contributed by atoms with Crippen LogP contribution in [0, 0.1) is 18.6 Å². The number of carbonyl (C=O) groups is 2. The smallest absolute Gasteiger partial charge is 0.328 e. The minimum absolute atomic E-state index is 0.252. The predicted molar refractivity (Wildman–Crippen MR) is 189 cm³/mol. The summed E-state index contributed by atoms with van der Waals surface area (Å²) in [6.07, 6.45) is 5.02. The van der Waals surface area contributed by atoms with Crippen LogP contribution in [-0.2, 0) is 33.2 Å². The van der Waals surface area contributed by atoms with Crippen LogP contribution in [0.2, 0.25) is 0 Å². The summed E-state index contributed by atoms with van der Waals surface area (Å²) >= 11 is 2.91. The zero-order valence-corrected chi connectivity index (χ0v) is 28.7. The number of halogens is 2. The molecule has 0 aromatic heterocycles. The first kappa shape index (κ1) is 36.0. The van der Waals surface area contributed by atoms with Crippen molar-refractivity contribution < 1.29 is 27.3 Å². The number of rotatable bonds is 16. The van der Waals surface area contributed by atoms with Crippen LogP contribution in [0.25, 0.3) is 11.1 Å². The van der Waals surface area contributed by atoms with E-state index in [1.54, 1.807) is 17.8 Å². The Morgan fingerprint density at radius 1 is 0.851 bits per heavy atom. The molecule has 1 unspecified atom stereocenters. The number of nitrogens with one attached hydrogen (secondary N) is 1. The summed E-state index contributed by atoms with van der Waals surface area (Å²) < 4.78 is 38.8. The Morgan fingerprint density at radius 2 is 1.53 bits per heavy atom. The van der Waals surface area contributed by atoms with Crippen molar-refractivity contribution in [1.29, 1.82) is 0 Å². The Labute approximate surface area is 284 Å². The molecule has 1 N–H and O–H groups in total. The van der Waals surface area contributed by atoms with Gasteiger partial charge >= 0.3 is 5.97 Å². The Kier molecular flexibility index (Phi) is 13.7. The number of thioether (sulfide) groups is 1. The van der Waals surface area contributed by atoms with Gasteiger partial charge in [0.05, 0.1) is 13.7 Å². The lowest BCUT2D eigenvalue weighted by molar-refractivity contribution is -0.142. The van der Waals surface area contributed by atoms with Crippen LogP contribution in [0.3, 0.4) is 0 Å². The van der Waals surface area contributed by atoms with Crippen molar-refractivity contribution in [2.75, 3.05) is 36.9 Å². The van der Waals surface area contributed by atoms with Gasteiger partial charge in [0.2, 0.25) is 0 Å². The van der Waals surface area contributed by atoms with Gasteiger partial charge in [0, 0.05) is 36.7 Å². The van der Waals surface area contributed by atoms with Crippen LogP contribution in [0.15, 0.2) is 84.9 Å². The fourth-order valence-electron chi connectivity index (χ4n) is 5.35. The molecule has 0 heterocycles. The molecule has 0 saturated carbocycles. The number of anilines is 1. The summed E-state index contributed by atoms with van der Waals surface area (Å²) in [6.45, 7) is 3.22. The molecular weight excluding hydrogens is 639 g/mol. The van der Waals surface area contributed by atoms with Crippen molar-refractivity contribution in [3.8, 4) is 11.1 Å². The third kappa shape index (κ3) is 10.3. The van der Waals surface area contributed by atoms with E-state index in [-0.39, 0.29) is 12.5 Å². The van der Waals surface area contributed by atoms with Crippen LogP contribution in [0.1, 0.15) is 39.0 Å². The molecule has 0 aliphatic heterocycles. The molecule has 47 heavy (non-hydrogen) atoms. The summed E-state index contributed by atoms with van der Waals surface area (Å²) in [6, 6.07) is 24.2. The summed E-state index contributed by atoms with van der Waals surface area (Å²) in [5, 5.41) is 2.88. The first-order chi connectivity index (χ1) is 22.7. The second kappa shape index (κ2) is 17.9. The highest BCUT2D eigenvalue weighted by molar-refractivity contribution is 7.98. The second-order valence-corrected chi connectivity index (χ2v) is 12.6. The summed E-state index contributed by atoms with van der Waals surface area (Å²) in [4.78, 5) is 28.2. The Hall–Kier alpha value is -3.86. The Balaban J connectivity index is 1.71. The number of amides is 1. The monoisotopic (exact) mass is 678 g/mol. The molecule has 0 fully saturated rings. The molecule has 1 atom stereocenters. The van der Waals surface area contributed by atoms with E-state index in [1.807, 2.05) is 85.0 Å². The number of hydrogen-bond donors (Lipinski definition) is 1. The molecule has 0 radical (unpaired) electrons. The first-order valence-electron chi connectivity index (χ1n) is 15.2. The number of methoxy groups -OCH3 is 1. The maximum atomic E-state index is 14.2. The molecule has 4 aromatic carbocycles. The van der Waals surface area contributed by atoms with E-state index in [0.717, 1.165) is 40.4 Å². The van der Waals surface area contributed by atoms with Gasteiger partial charge in [-0.05, 0) is 114 Å². The van der Waals surface area contributed by atoms with E-state index < -0.39 is 23.6 Å². The van der Waals surface area contributed by atoms with E-state index in [1.165, 1.54) is 31.3 Å². The van der Waals surface area contributed by atoms with Gasteiger partial charge in [-0.1, -0.05) is 42.5 Å². The van der Waals surface area contributed by atoms with Gasteiger partial charge in [0.25, 0.3) is 5.91 Å². The predicted octanol–water partition coefficient (Wildman–Crippen LogP) is 8.01. The summed E-state index contributed by atoms with van der Waals surface area (Å²) in [7, 11) is 1.31. The van der Waals surface area contributed by atoms with E-state index in [2.05, 4.69) is 5.32 Å². The largest absolute Gasteiger partial charge is 0.467 e. The highest BCUT2D eigenvalue weighted by Crippen LogP contribution is 2.30.